The van der Waals surface area contributed by atoms with Crippen LogP contribution in [0, 0.1) is 12.8 Å². The molecule has 2 heterocycles. The third-order valence-electron chi connectivity index (χ3n) is 3.54. The number of aliphatic hydroxyl groups excluding tert-OH is 1. The third-order valence-corrected chi connectivity index (χ3v) is 3.54. The topological polar surface area (TPSA) is 84.4 Å². The minimum absolute atomic E-state index is 0.0891. The second-order valence-corrected chi connectivity index (χ2v) is 4.91. The summed E-state index contributed by atoms with van der Waals surface area (Å²) < 4.78 is 1.54. The fraction of sp³-hybridized carbons (Fsp3) is 0.667. The summed E-state index contributed by atoms with van der Waals surface area (Å²) in [6.07, 6.45) is 1.90. The summed E-state index contributed by atoms with van der Waals surface area (Å²) in [5.41, 5.74) is 7.48. The van der Waals surface area contributed by atoms with Gasteiger partial charge in [0.15, 0.2) is 0 Å². The minimum Gasteiger partial charge on any atom is -0.396 e. The molecule has 0 aromatic carbocycles. The average Bonchev–Trinajstić information content (AvgIpc) is 2.62. The summed E-state index contributed by atoms with van der Waals surface area (Å²) in [6.45, 7) is 3.24. The first-order valence-electron chi connectivity index (χ1n) is 6.23. The van der Waals surface area contributed by atoms with Crippen LogP contribution in [-0.2, 0) is 7.05 Å². The maximum absolute atomic E-state index is 12.4. The van der Waals surface area contributed by atoms with E-state index < -0.39 is 0 Å². The lowest BCUT2D eigenvalue weighted by molar-refractivity contribution is 0.0611. The van der Waals surface area contributed by atoms with Gasteiger partial charge in [-0.05, 0) is 25.7 Å². The molecular weight excluding hydrogens is 232 g/mol. The molecule has 1 aromatic rings. The number of hydrogen-bond acceptors (Lipinski definition) is 4. The van der Waals surface area contributed by atoms with E-state index in [9.17, 15) is 9.90 Å². The van der Waals surface area contributed by atoms with Gasteiger partial charge in [-0.2, -0.15) is 5.10 Å². The first-order valence-corrected chi connectivity index (χ1v) is 6.23. The molecule has 0 saturated carbocycles. The highest BCUT2D eigenvalue weighted by atomic mass is 16.3. The monoisotopic (exact) mass is 252 g/mol. The highest BCUT2D eigenvalue weighted by Gasteiger charge is 2.27. The lowest BCUT2D eigenvalue weighted by Gasteiger charge is -2.31. The van der Waals surface area contributed by atoms with Crippen molar-refractivity contribution in [1.82, 2.24) is 14.7 Å². The SMILES string of the molecule is Cc1nn(C)c(C(=O)N2CCCC(CO)C2)c1N. The number of anilines is 1. The predicted octanol–water partition coefficient (Wildman–Crippen LogP) is 0.155. The average molecular weight is 252 g/mol. The van der Waals surface area contributed by atoms with Crippen molar-refractivity contribution in [2.75, 3.05) is 25.4 Å². The smallest absolute Gasteiger partial charge is 0.274 e. The van der Waals surface area contributed by atoms with Crippen molar-refractivity contribution in [3.8, 4) is 0 Å². The Hall–Kier alpha value is -1.56. The van der Waals surface area contributed by atoms with Gasteiger partial charge in [-0.15, -0.1) is 0 Å². The number of nitrogens with zero attached hydrogens (tertiary/aromatic N) is 3. The lowest BCUT2D eigenvalue weighted by atomic mass is 9.99. The number of likely N-dealkylation sites (tertiary alicyclic amines) is 1. The van der Waals surface area contributed by atoms with E-state index in [4.69, 9.17) is 5.73 Å². The number of piperidine rings is 1. The summed E-state index contributed by atoms with van der Waals surface area (Å²) in [5, 5.41) is 13.4. The molecule has 1 unspecified atom stereocenters. The Morgan fingerprint density at radius 1 is 1.61 bits per heavy atom. The quantitative estimate of drug-likeness (QED) is 0.785. The number of nitrogen functional groups attached to an aromatic ring is 1. The van der Waals surface area contributed by atoms with Crippen LogP contribution in [-0.4, -0.2) is 45.4 Å². The van der Waals surface area contributed by atoms with E-state index in [1.54, 1.807) is 18.9 Å². The Balaban J connectivity index is 2.20. The van der Waals surface area contributed by atoms with Gasteiger partial charge in [-0.1, -0.05) is 0 Å². The first kappa shape index (κ1) is 12.9. The van der Waals surface area contributed by atoms with E-state index >= 15 is 0 Å². The molecule has 1 saturated heterocycles. The number of nitrogens with two attached hydrogens (primary N) is 1. The number of hydrogen-bond donors (Lipinski definition) is 2. The number of aromatic nitrogens is 2. The molecule has 18 heavy (non-hydrogen) atoms. The van der Waals surface area contributed by atoms with Crippen LogP contribution in [0.1, 0.15) is 29.0 Å². The molecule has 1 atom stereocenters. The zero-order valence-electron chi connectivity index (χ0n) is 10.9. The van der Waals surface area contributed by atoms with Crippen LogP contribution in [0.5, 0.6) is 0 Å². The normalized spacial score (nSPS) is 20.2. The highest BCUT2D eigenvalue weighted by molar-refractivity contribution is 5.98. The van der Waals surface area contributed by atoms with E-state index in [1.165, 1.54) is 4.68 Å². The Kier molecular flexibility index (Phi) is 3.56. The van der Waals surface area contributed by atoms with Crippen molar-refractivity contribution in [2.24, 2.45) is 13.0 Å². The van der Waals surface area contributed by atoms with Gasteiger partial charge in [0.2, 0.25) is 0 Å². The molecule has 1 fully saturated rings. The van der Waals surface area contributed by atoms with Crippen LogP contribution >= 0.6 is 0 Å². The summed E-state index contributed by atoms with van der Waals surface area (Å²) in [4.78, 5) is 14.2. The second-order valence-electron chi connectivity index (χ2n) is 4.91. The van der Waals surface area contributed by atoms with Crippen LogP contribution in [0.15, 0.2) is 0 Å². The van der Waals surface area contributed by atoms with Gasteiger partial charge in [0.1, 0.15) is 5.69 Å². The molecule has 3 N–H and O–H groups in total. The van der Waals surface area contributed by atoms with E-state index in [-0.39, 0.29) is 18.4 Å². The molecule has 1 aromatic heterocycles. The molecule has 1 amide bonds. The highest BCUT2D eigenvalue weighted by Crippen LogP contribution is 2.22. The van der Waals surface area contributed by atoms with Crippen molar-refractivity contribution >= 4 is 11.6 Å². The van der Waals surface area contributed by atoms with Gasteiger partial charge in [-0.25, -0.2) is 0 Å². The fourth-order valence-corrected chi connectivity index (χ4v) is 2.48. The van der Waals surface area contributed by atoms with E-state index in [2.05, 4.69) is 5.10 Å². The molecule has 2 rings (SSSR count). The molecule has 6 heteroatoms. The Morgan fingerprint density at radius 2 is 2.33 bits per heavy atom. The number of aliphatic hydroxyl groups is 1. The van der Waals surface area contributed by atoms with E-state index in [0.29, 0.717) is 23.6 Å². The molecule has 1 aliphatic rings. The van der Waals surface area contributed by atoms with Crippen molar-refractivity contribution in [2.45, 2.75) is 19.8 Å². The van der Waals surface area contributed by atoms with Crippen LogP contribution in [0.2, 0.25) is 0 Å². The van der Waals surface area contributed by atoms with Crippen molar-refractivity contribution < 1.29 is 9.90 Å². The largest absolute Gasteiger partial charge is 0.396 e. The molecule has 100 valence electrons. The van der Waals surface area contributed by atoms with Crippen LogP contribution in [0.25, 0.3) is 0 Å². The zero-order valence-corrected chi connectivity index (χ0v) is 10.9. The molecule has 1 aliphatic heterocycles. The number of rotatable bonds is 2. The molecule has 0 radical (unpaired) electrons. The van der Waals surface area contributed by atoms with Gasteiger partial charge in [0, 0.05) is 26.7 Å². The lowest BCUT2D eigenvalue weighted by Crippen LogP contribution is -2.41. The van der Waals surface area contributed by atoms with Crippen LogP contribution < -0.4 is 5.73 Å². The standard InChI is InChI=1S/C12H20N4O2/c1-8-10(13)11(15(2)14-8)12(18)16-5-3-4-9(6-16)7-17/h9,17H,3-7,13H2,1-2H3. The van der Waals surface area contributed by atoms with Crippen molar-refractivity contribution in [3.05, 3.63) is 11.4 Å². The predicted molar refractivity (Wildman–Crippen MR) is 68.1 cm³/mol. The first-order chi connectivity index (χ1) is 8.54. The van der Waals surface area contributed by atoms with Crippen molar-refractivity contribution in [1.29, 1.82) is 0 Å². The number of amides is 1. The molecule has 0 aliphatic carbocycles. The summed E-state index contributed by atoms with van der Waals surface area (Å²) >= 11 is 0. The second kappa shape index (κ2) is 4.97. The number of carbonyl (C=O) groups is 1. The summed E-state index contributed by atoms with van der Waals surface area (Å²) in [5.74, 6) is 0.0898. The maximum atomic E-state index is 12.4. The van der Waals surface area contributed by atoms with Gasteiger partial charge in [-0.3, -0.25) is 9.48 Å². The van der Waals surface area contributed by atoms with Gasteiger partial charge >= 0.3 is 0 Å². The number of carbonyl (C=O) groups excluding carboxylic acids is 1. The van der Waals surface area contributed by atoms with Gasteiger partial charge in [0.25, 0.3) is 5.91 Å². The minimum atomic E-state index is -0.0891. The Bertz CT molecular complexity index is 455. The maximum Gasteiger partial charge on any atom is 0.274 e. The van der Waals surface area contributed by atoms with Crippen molar-refractivity contribution in [3.63, 3.8) is 0 Å². The molecule has 0 spiro atoms. The van der Waals surface area contributed by atoms with Gasteiger partial charge < -0.3 is 15.7 Å². The number of aryl methyl sites for hydroxylation is 2. The Morgan fingerprint density at radius 3 is 2.89 bits per heavy atom. The van der Waals surface area contributed by atoms with Gasteiger partial charge in [0.05, 0.1) is 11.4 Å². The molecular formula is C12H20N4O2. The summed E-state index contributed by atoms with van der Waals surface area (Å²) in [6, 6.07) is 0. The van der Waals surface area contributed by atoms with Crippen LogP contribution in [0.3, 0.4) is 0 Å². The fourth-order valence-electron chi connectivity index (χ4n) is 2.48. The van der Waals surface area contributed by atoms with E-state index in [0.717, 1.165) is 19.4 Å². The zero-order chi connectivity index (χ0) is 13.3. The molecule has 6 nitrogen and oxygen atoms in total. The summed E-state index contributed by atoms with van der Waals surface area (Å²) in [7, 11) is 1.73. The van der Waals surface area contributed by atoms with E-state index in [1.807, 2.05) is 0 Å². The van der Waals surface area contributed by atoms with Crippen LogP contribution in [0.4, 0.5) is 5.69 Å². The molecule has 0 bridgehead atoms. The third kappa shape index (κ3) is 2.20. The Labute approximate surface area is 106 Å².